The zero-order chi connectivity index (χ0) is 25.7. The molecule has 0 heterocycles. The van der Waals surface area contributed by atoms with Crippen LogP contribution in [0.2, 0.25) is 0 Å². The van der Waals surface area contributed by atoms with Gasteiger partial charge in [0.1, 0.15) is 5.75 Å². The van der Waals surface area contributed by atoms with Gasteiger partial charge in [0, 0.05) is 33.1 Å². The van der Waals surface area contributed by atoms with E-state index in [9.17, 15) is 14.4 Å². The van der Waals surface area contributed by atoms with Crippen LogP contribution < -0.4 is 4.74 Å². The van der Waals surface area contributed by atoms with Crippen molar-refractivity contribution in [1.29, 1.82) is 0 Å². The fraction of sp³-hybridized carbons (Fsp3) is 0.333. The predicted molar refractivity (Wildman–Crippen MR) is 136 cm³/mol. The summed E-state index contributed by atoms with van der Waals surface area (Å²) in [6, 6.07) is 14.5. The molecule has 2 aromatic rings. The Balaban J connectivity index is 0.000000340. The Labute approximate surface area is 210 Å². The van der Waals surface area contributed by atoms with Gasteiger partial charge in [-0.25, -0.2) is 0 Å². The Morgan fingerprint density at radius 3 is 1.85 bits per heavy atom. The molecule has 0 aliphatic rings. The quantitative estimate of drug-likeness (QED) is 0.330. The summed E-state index contributed by atoms with van der Waals surface area (Å²) in [4.78, 5) is 37.8. The maximum atomic E-state index is 11.5. The summed E-state index contributed by atoms with van der Waals surface area (Å²) < 4.78 is 14.6. The number of nitrogens with zero attached hydrogens (tertiary/aromatic N) is 2. The second-order valence-electron chi connectivity index (χ2n) is 7.33. The van der Waals surface area contributed by atoms with Crippen molar-refractivity contribution in [2.45, 2.75) is 17.7 Å². The third-order valence-corrected chi connectivity index (χ3v) is 5.57. The van der Waals surface area contributed by atoms with E-state index in [4.69, 9.17) is 17.0 Å². The van der Waals surface area contributed by atoms with Gasteiger partial charge >= 0.3 is 11.9 Å². The first-order valence-corrected chi connectivity index (χ1v) is 11.4. The molecule has 2 aromatic carbocycles. The zero-order valence-corrected chi connectivity index (χ0v) is 21.8. The normalized spacial score (nSPS) is 9.71. The maximum absolute atomic E-state index is 11.5. The van der Waals surface area contributed by atoms with Gasteiger partial charge in [-0.2, -0.15) is 0 Å². The van der Waals surface area contributed by atoms with E-state index < -0.39 is 0 Å². The number of ether oxygens (including phenoxy) is 3. The van der Waals surface area contributed by atoms with Crippen LogP contribution >= 0.6 is 24.0 Å². The van der Waals surface area contributed by atoms with Gasteiger partial charge in [-0.1, -0.05) is 24.3 Å². The molecule has 0 bridgehead atoms. The average Bonchev–Trinajstić information content (AvgIpc) is 2.79. The molecule has 0 spiro atoms. The summed E-state index contributed by atoms with van der Waals surface area (Å²) in [7, 11) is 9.74. The maximum Gasteiger partial charge on any atom is 0.309 e. The summed E-state index contributed by atoms with van der Waals surface area (Å²) in [5.74, 6) is 0.0496. The van der Waals surface area contributed by atoms with Crippen LogP contribution in [0.5, 0.6) is 5.75 Å². The number of esters is 2. The number of thiocarbonyl (C=S) groups is 1. The van der Waals surface area contributed by atoms with Crippen LogP contribution in [0.15, 0.2) is 53.4 Å². The number of hydrogen-bond donors (Lipinski definition) is 0. The minimum absolute atomic E-state index is 0.0415. The molecule has 0 atom stereocenters. The van der Waals surface area contributed by atoms with Gasteiger partial charge < -0.3 is 24.0 Å². The third kappa shape index (κ3) is 11.2. The Kier molecular flexibility index (Phi) is 12.7. The van der Waals surface area contributed by atoms with E-state index >= 15 is 0 Å². The Bertz CT molecular complexity index is 915. The van der Waals surface area contributed by atoms with Gasteiger partial charge in [-0.15, -0.1) is 0 Å². The average molecular weight is 507 g/mol. The van der Waals surface area contributed by atoms with Crippen molar-refractivity contribution < 1.29 is 28.6 Å². The minimum atomic E-state index is -0.286. The summed E-state index contributed by atoms with van der Waals surface area (Å²) in [5.41, 5.74) is 1.67. The van der Waals surface area contributed by atoms with Crippen molar-refractivity contribution in [3.63, 3.8) is 0 Å². The van der Waals surface area contributed by atoms with Gasteiger partial charge in [0.15, 0.2) is 0 Å². The number of methoxy groups -OCH3 is 2. The second kappa shape index (κ2) is 14.9. The van der Waals surface area contributed by atoms with Crippen LogP contribution in [0.4, 0.5) is 4.79 Å². The lowest BCUT2D eigenvalue weighted by Gasteiger charge is -2.14. The second-order valence-corrected chi connectivity index (χ2v) is 8.70. The fourth-order valence-corrected chi connectivity index (χ4v) is 3.14. The van der Waals surface area contributed by atoms with Crippen molar-refractivity contribution >= 4 is 46.3 Å². The molecule has 0 unspecified atom stereocenters. The number of carbonyl (C=O) groups is 3. The Hall–Kier alpha value is -3.11. The molecule has 184 valence electrons. The van der Waals surface area contributed by atoms with Gasteiger partial charge in [0.2, 0.25) is 0 Å². The molecule has 2 rings (SSSR count). The molecular formula is C24H30N2O6S2. The molecule has 8 nitrogen and oxygen atoms in total. The van der Waals surface area contributed by atoms with E-state index in [-0.39, 0.29) is 30.0 Å². The van der Waals surface area contributed by atoms with Gasteiger partial charge in [0.25, 0.3) is 10.4 Å². The predicted octanol–water partition coefficient (Wildman–Crippen LogP) is 3.80. The Morgan fingerprint density at radius 1 is 0.824 bits per heavy atom. The number of amides is 1. The lowest BCUT2D eigenvalue weighted by Crippen LogP contribution is -2.25. The number of benzene rings is 2. The van der Waals surface area contributed by atoms with Crippen molar-refractivity contribution in [2.75, 3.05) is 42.4 Å². The zero-order valence-electron chi connectivity index (χ0n) is 20.2. The highest BCUT2D eigenvalue weighted by molar-refractivity contribution is 8.13. The summed E-state index contributed by atoms with van der Waals surface area (Å²) in [6.45, 7) is 0. The van der Waals surface area contributed by atoms with Crippen LogP contribution in [0, 0.1) is 0 Å². The van der Waals surface area contributed by atoms with Crippen LogP contribution in [-0.4, -0.2) is 74.6 Å². The molecule has 34 heavy (non-hydrogen) atoms. The van der Waals surface area contributed by atoms with E-state index in [2.05, 4.69) is 9.47 Å². The smallest absolute Gasteiger partial charge is 0.309 e. The number of rotatable bonds is 6. The van der Waals surface area contributed by atoms with Crippen LogP contribution in [-0.2, 0) is 31.9 Å². The molecule has 0 fully saturated rings. The summed E-state index contributed by atoms with van der Waals surface area (Å²) in [5, 5.41) is 0.334. The molecule has 0 saturated carbocycles. The number of carbonyl (C=O) groups excluding carboxylic acids is 3. The largest absolute Gasteiger partial charge is 0.469 e. The van der Waals surface area contributed by atoms with Crippen LogP contribution in [0.3, 0.4) is 0 Å². The summed E-state index contributed by atoms with van der Waals surface area (Å²) >= 11 is 6.16. The van der Waals surface area contributed by atoms with E-state index in [0.717, 1.165) is 27.8 Å². The standard InChI is InChI=1S/2C12H15NO3S/c1-13(2)12(15)17-10-6-4-5-9(7-10)8-11(14)16-3;1-13(2)12(17)16-10-6-4-5-9(7-10)8-11(14)15-3/h2*4-7H,8H2,1-3H3. The highest BCUT2D eigenvalue weighted by atomic mass is 32.2. The molecule has 10 heteroatoms. The molecule has 0 radical (unpaired) electrons. The van der Waals surface area contributed by atoms with E-state index in [1.807, 2.05) is 36.4 Å². The first-order valence-electron chi connectivity index (χ1n) is 10.2. The molecular weight excluding hydrogens is 476 g/mol. The molecule has 1 amide bonds. The fourth-order valence-electron chi connectivity index (χ4n) is 2.30. The van der Waals surface area contributed by atoms with Crippen LogP contribution in [0.25, 0.3) is 0 Å². The van der Waals surface area contributed by atoms with E-state index in [1.54, 1.807) is 45.2 Å². The lowest BCUT2D eigenvalue weighted by molar-refractivity contribution is -0.140. The molecule has 0 aliphatic carbocycles. The Morgan fingerprint density at radius 2 is 1.35 bits per heavy atom. The molecule has 0 aliphatic heterocycles. The van der Waals surface area contributed by atoms with Crippen LogP contribution in [0.1, 0.15) is 11.1 Å². The lowest BCUT2D eigenvalue weighted by atomic mass is 10.1. The SMILES string of the molecule is COC(=O)Cc1cccc(OC(=S)N(C)C)c1.COC(=O)Cc1cccc(SC(=O)N(C)C)c1. The van der Waals surface area contributed by atoms with Gasteiger partial charge in [-0.3, -0.25) is 14.4 Å². The molecule has 0 N–H and O–H groups in total. The van der Waals surface area contributed by atoms with Crippen molar-refractivity contribution in [2.24, 2.45) is 0 Å². The monoisotopic (exact) mass is 506 g/mol. The topological polar surface area (TPSA) is 85.4 Å². The van der Waals surface area contributed by atoms with Gasteiger partial charge in [-0.05, 0) is 59.4 Å². The van der Waals surface area contributed by atoms with Crippen molar-refractivity contribution in [3.05, 3.63) is 59.7 Å². The summed E-state index contributed by atoms with van der Waals surface area (Å²) in [6.07, 6.45) is 0.448. The van der Waals surface area contributed by atoms with Crippen molar-refractivity contribution in [3.8, 4) is 5.75 Å². The minimum Gasteiger partial charge on any atom is -0.469 e. The first-order chi connectivity index (χ1) is 16.0. The van der Waals surface area contributed by atoms with Gasteiger partial charge in [0.05, 0.1) is 27.1 Å². The van der Waals surface area contributed by atoms with E-state index in [1.165, 1.54) is 19.1 Å². The molecule has 0 saturated heterocycles. The highest BCUT2D eigenvalue weighted by Crippen LogP contribution is 2.21. The van der Waals surface area contributed by atoms with Crippen molar-refractivity contribution in [1.82, 2.24) is 9.80 Å². The first kappa shape index (κ1) is 28.9. The highest BCUT2D eigenvalue weighted by Gasteiger charge is 2.09. The number of thioether (sulfide) groups is 1. The number of hydrogen-bond acceptors (Lipinski definition) is 8. The molecule has 0 aromatic heterocycles. The van der Waals surface area contributed by atoms with E-state index in [0.29, 0.717) is 10.9 Å². The third-order valence-electron chi connectivity index (χ3n) is 4.09.